The van der Waals surface area contributed by atoms with E-state index < -0.39 is 6.04 Å². The fourth-order valence-electron chi connectivity index (χ4n) is 6.62. The zero-order valence-corrected chi connectivity index (χ0v) is 25.6. The summed E-state index contributed by atoms with van der Waals surface area (Å²) >= 11 is 0. The first kappa shape index (κ1) is 29.6. The fourth-order valence-corrected chi connectivity index (χ4v) is 6.62. The molecule has 43 heavy (non-hydrogen) atoms. The summed E-state index contributed by atoms with van der Waals surface area (Å²) in [6.45, 7) is 7.48. The van der Waals surface area contributed by atoms with Crippen molar-refractivity contribution in [1.29, 1.82) is 0 Å². The maximum absolute atomic E-state index is 13.8. The fraction of sp³-hybridized carbons (Fsp3) is 0.559. The standard InChI is InChI=1S/C34H45N5O4/c1-24-30-27(41-20-8-15-36-23-26-11-7-14-35-22-26)12-6-13-28(30)42-32(24)33-37-31(34(40)39-18-16-38(2)17-19-39)29(43-33)21-25-9-4-3-5-10-25/h6-7,11-14,22,25,29,31,36H,3-5,8-10,15-21,23H2,1-2H3/t29-,31+/m1/s1. The van der Waals surface area contributed by atoms with Gasteiger partial charge < -0.3 is 29.0 Å². The number of pyridine rings is 1. The molecule has 2 fully saturated rings. The number of benzene rings is 1. The molecule has 1 aliphatic carbocycles. The van der Waals surface area contributed by atoms with Crippen LogP contribution in [0, 0.1) is 12.8 Å². The number of hydrogen-bond acceptors (Lipinski definition) is 8. The van der Waals surface area contributed by atoms with E-state index >= 15 is 0 Å². The van der Waals surface area contributed by atoms with Gasteiger partial charge in [-0.25, -0.2) is 4.99 Å². The van der Waals surface area contributed by atoms with Gasteiger partial charge in [-0.3, -0.25) is 9.78 Å². The Bertz CT molecular complexity index is 1390. The lowest BCUT2D eigenvalue weighted by atomic mass is 9.84. The molecular weight excluding hydrogens is 542 g/mol. The number of aryl methyl sites for hydroxylation is 1. The van der Waals surface area contributed by atoms with E-state index in [1.807, 2.05) is 42.3 Å². The number of amides is 1. The number of aliphatic imine (C=N–C) groups is 1. The van der Waals surface area contributed by atoms with E-state index in [9.17, 15) is 4.79 Å². The number of ether oxygens (including phenoxy) is 2. The van der Waals surface area contributed by atoms with Gasteiger partial charge in [0.25, 0.3) is 11.8 Å². The van der Waals surface area contributed by atoms with Crippen molar-refractivity contribution in [3.05, 3.63) is 59.6 Å². The number of hydrogen-bond donors (Lipinski definition) is 1. The van der Waals surface area contributed by atoms with Gasteiger partial charge >= 0.3 is 0 Å². The molecule has 2 aliphatic heterocycles. The van der Waals surface area contributed by atoms with Crippen LogP contribution < -0.4 is 10.1 Å². The summed E-state index contributed by atoms with van der Waals surface area (Å²) in [5.74, 6) is 2.50. The largest absolute Gasteiger partial charge is 0.493 e. The Morgan fingerprint density at radius 1 is 1.09 bits per heavy atom. The van der Waals surface area contributed by atoms with Gasteiger partial charge in [-0.05, 0) is 63.0 Å². The third kappa shape index (κ3) is 7.04. The predicted molar refractivity (Wildman–Crippen MR) is 167 cm³/mol. The number of nitrogens with one attached hydrogen (secondary N) is 1. The molecule has 9 nitrogen and oxygen atoms in total. The molecule has 2 aromatic heterocycles. The van der Waals surface area contributed by atoms with Crippen molar-refractivity contribution in [2.24, 2.45) is 10.9 Å². The van der Waals surface area contributed by atoms with Crippen molar-refractivity contribution in [3.63, 3.8) is 0 Å². The molecule has 0 radical (unpaired) electrons. The highest BCUT2D eigenvalue weighted by atomic mass is 16.5. The topological polar surface area (TPSA) is 92.4 Å². The molecule has 2 atom stereocenters. The van der Waals surface area contributed by atoms with Crippen molar-refractivity contribution in [2.75, 3.05) is 46.4 Å². The summed E-state index contributed by atoms with van der Waals surface area (Å²) in [7, 11) is 2.10. The molecule has 1 amide bonds. The highest BCUT2D eigenvalue weighted by Crippen LogP contribution is 2.37. The number of aromatic nitrogens is 1. The number of carbonyl (C=O) groups is 1. The van der Waals surface area contributed by atoms with E-state index in [4.69, 9.17) is 18.9 Å². The lowest BCUT2D eigenvalue weighted by molar-refractivity contribution is -0.135. The number of fused-ring (bicyclic) bond motifs is 1. The first-order chi connectivity index (χ1) is 21.1. The van der Waals surface area contributed by atoms with E-state index in [2.05, 4.69) is 28.3 Å². The molecule has 3 aromatic rings. The summed E-state index contributed by atoms with van der Waals surface area (Å²) in [6, 6.07) is 9.39. The Labute approximate surface area is 254 Å². The second kappa shape index (κ2) is 13.9. The van der Waals surface area contributed by atoms with Crippen LogP contribution in [0.5, 0.6) is 5.75 Å². The van der Waals surface area contributed by atoms with Gasteiger partial charge in [0, 0.05) is 50.7 Å². The summed E-state index contributed by atoms with van der Waals surface area (Å²) in [5, 5.41) is 4.38. The summed E-state index contributed by atoms with van der Waals surface area (Å²) in [4.78, 5) is 27.1. The first-order valence-corrected chi connectivity index (χ1v) is 16.0. The number of piperazine rings is 1. The van der Waals surface area contributed by atoms with Crippen LogP contribution in [0.15, 0.2) is 52.1 Å². The SMILES string of the molecule is Cc1c(C2=N[C@H](C(=O)N3CCN(C)CC3)[C@@H](CC3CCCCC3)O2)oc2cccc(OCCCNCc3cccnc3)c12. The molecule has 1 saturated carbocycles. The number of likely N-dealkylation sites (N-methyl/N-ethyl adjacent to an activating group) is 1. The highest BCUT2D eigenvalue weighted by molar-refractivity contribution is 6.03. The van der Waals surface area contributed by atoms with E-state index in [0.717, 1.165) is 74.4 Å². The van der Waals surface area contributed by atoms with E-state index in [-0.39, 0.29) is 12.0 Å². The number of furan rings is 1. The van der Waals surface area contributed by atoms with Gasteiger partial charge in [0.15, 0.2) is 11.8 Å². The normalized spacial score (nSPS) is 21.6. The van der Waals surface area contributed by atoms with Crippen LogP contribution >= 0.6 is 0 Å². The molecule has 1 saturated heterocycles. The Kier molecular flexibility index (Phi) is 9.58. The Morgan fingerprint density at radius 3 is 2.72 bits per heavy atom. The molecule has 6 rings (SSSR count). The van der Waals surface area contributed by atoms with Crippen LogP contribution in [0.4, 0.5) is 0 Å². The second-order valence-corrected chi connectivity index (χ2v) is 12.3. The third-order valence-electron chi connectivity index (χ3n) is 9.15. The third-order valence-corrected chi connectivity index (χ3v) is 9.15. The van der Waals surface area contributed by atoms with Crippen molar-refractivity contribution < 1.29 is 18.7 Å². The number of carbonyl (C=O) groups excluding carboxylic acids is 1. The predicted octanol–water partition coefficient (Wildman–Crippen LogP) is 4.95. The number of nitrogens with zero attached hydrogens (tertiary/aromatic N) is 4. The summed E-state index contributed by atoms with van der Waals surface area (Å²) in [5.41, 5.74) is 2.84. The minimum atomic E-state index is -0.525. The molecule has 9 heteroatoms. The van der Waals surface area contributed by atoms with Gasteiger partial charge in [0.2, 0.25) is 0 Å². The highest BCUT2D eigenvalue weighted by Gasteiger charge is 2.42. The maximum atomic E-state index is 13.8. The molecule has 0 bridgehead atoms. The van der Waals surface area contributed by atoms with Gasteiger partial charge in [0.05, 0.1) is 12.0 Å². The molecule has 1 N–H and O–H groups in total. The van der Waals surface area contributed by atoms with E-state index in [1.54, 1.807) is 6.20 Å². The molecule has 0 spiro atoms. The molecule has 4 heterocycles. The van der Waals surface area contributed by atoms with Crippen molar-refractivity contribution in [1.82, 2.24) is 20.1 Å². The monoisotopic (exact) mass is 587 g/mol. The van der Waals surface area contributed by atoms with Crippen molar-refractivity contribution in [2.45, 2.75) is 70.6 Å². The van der Waals surface area contributed by atoms with E-state index in [0.29, 0.717) is 24.2 Å². The smallest absolute Gasteiger partial charge is 0.254 e. The van der Waals surface area contributed by atoms with Gasteiger partial charge in [-0.2, -0.15) is 0 Å². The average Bonchev–Trinajstić information content (AvgIpc) is 3.61. The molecule has 3 aliphatic rings. The molecule has 1 aromatic carbocycles. The van der Waals surface area contributed by atoms with Gasteiger partial charge in [0.1, 0.15) is 17.4 Å². The minimum absolute atomic E-state index is 0.0823. The zero-order chi connectivity index (χ0) is 29.6. The minimum Gasteiger partial charge on any atom is -0.493 e. The lowest BCUT2D eigenvalue weighted by Gasteiger charge is -2.34. The van der Waals surface area contributed by atoms with Crippen LogP contribution in [0.1, 0.15) is 61.8 Å². The van der Waals surface area contributed by atoms with Crippen LogP contribution in [0.3, 0.4) is 0 Å². The summed E-state index contributed by atoms with van der Waals surface area (Å²) < 4.78 is 19.2. The van der Waals surface area contributed by atoms with Crippen LogP contribution in [-0.4, -0.2) is 85.1 Å². The Hall–Kier alpha value is -3.43. The maximum Gasteiger partial charge on any atom is 0.254 e. The molecule has 230 valence electrons. The Balaban J connectivity index is 1.15. The van der Waals surface area contributed by atoms with Crippen molar-refractivity contribution in [3.8, 4) is 5.75 Å². The first-order valence-electron chi connectivity index (χ1n) is 16.0. The van der Waals surface area contributed by atoms with Crippen molar-refractivity contribution >= 4 is 22.8 Å². The molecule has 0 unspecified atom stereocenters. The number of rotatable bonds is 11. The average molecular weight is 588 g/mol. The van der Waals surface area contributed by atoms with Crippen LogP contribution in [0.25, 0.3) is 11.0 Å². The van der Waals surface area contributed by atoms with E-state index in [1.165, 1.54) is 37.7 Å². The quantitative estimate of drug-likeness (QED) is 0.317. The van der Waals surface area contributed by atoms with Gasteiger partial charge in [-0.15, -0.1) is 0 Å². The lowest BCUT2D eigenvalue weighted by Crippen LogP contribution is -2.51. The summed E-state index contributed by atoms with van der Waals surface area (Å²) in [6.07, 6.45) is 11.4. The Morgan fingerprint density at radius 2 is 1.93 bits per heavy atom. The second-order valence-electron chi connectivity index (χ2n) is 12.3. The van der Waals surface area contributed by atoms with Crippen LogP contribution in [-0.2, 0) is 16.1 Å². The molecular formula is C34H45N5O4. The van der Waals surface area contributed by atoms with Crippen LogP contribution in [0.2, 0.25) is 0 Å². The zero-order valence-electron chi connectivity index (χ0n) is 25.6. The van der Waals surface area contributed by atoms with Gasteiger partial charge in [-0.1, -0.05) is 44.2 Å².